The number of ether oxygens (including phenoxy) is 1. The van der Waals surface area contributed by atoms with Crippen LogP contribution in [0, 0.1) is 6.92 Å². The van der Waals surface area contributed by atoms with Crippen LogP contribution in [-0.2, 0) is 0 Å². The van der Waals surface area contributed by atoms with E-state index in [4.69, 9.17) is 4.74 Å². The van der Waals surface area contributed by atoms with E-state index in [9.17, 15) is 4.79 Å². The van der Waals surface area contributed by atoms with Crippen LogP contribution in [0.5, 0.6) is 5.75 Å². The minimum Gasteiger partial charge on any atom is -0.465 e. The van der Waals surface area contributed by atoms with Crippen LogP contribution < -0.4 is 4.74 Å². The molecule has 0 aliphatic rings. The average molecular weight is 238 g/mol. The number of carbonyl (C=O) groups excluding carboxylic acids is 1. The van der Waals surface area contributed by atoms with Gasteiger partial charge in [-0.15, -0.1) is 0 Å². The number of aryl methyl sites for hydroxylation is 1. The first kappa shape index (κ1) is 12.1. The summed E-state index contributed by atoms with van der Waals surface area (Å²) in [4.78, 5) is 10.5. The minimum absolute atomic E-state index is 0.673. The van der Waals surface area contributed by atoms with E-state index in [2.05, 4.69) is 0 Å². The third-order valence-corrected chi connectivity index (χ3v) is 2.56. The Balaban J connectivity index is 1.98. The second kappa shape index (κ2) is 5.82. The second-order valence-electron chi connectivity index (χ2n) is 4.02. The van der Waals surface area contributed by atoms with Crippen molar-refractivity contribution in [3.05, 3.63) is 71.5 Å². The summed E-state index contributed by atoms with van der Waals surface area (Å²) in [6.07, 6.45) is 4.32. The van der Waals surface area contributed by atoms with Crippen molar-refractivity contribution < 1.29 is 9.53 Å². The molecule has 90 valence electrons. The molecule has 0 N–H and O–H groups in total. The van der Waals surface area contributed by atoms with E-state index >= 15 is 0 Å². The molecule has 0 spiro atoms. The maximum absolute atomic E-state index is 10.5. The zero-order valence-electron chi connectivity index (χ0n) is 10.2. The number of hydrogen-bond donors (Lipinski definition) is 0. The zero-order chi connectivity index (χ0) is 12.8. The zero-order valence-corrected chi connectivity index (χ0v) is 10.2. The molecule has 2 aromatic carbocycles. The average Bonchev–Trinajstić information content (AvgIpc) is 2.42. The Hall–Kier alpha value is -2.35. The van der Waals surface area contributed by atoms with Crippen LogP contribution >= 0.6 is 0 Å². The molecule has 0 amide bonds. The van der Waals surface area contributed by atoms with Gasteiger partial charge in [-0.2, -0.15) is 0 Å². The summed E-state index contributed by atoms with van der Waals surface area (Å²) < 4.78 is 5.47. The van der Waals surface area contributed by atoms with Crippen molar-refractivity contribution in [2.24, 2.45) is 0 Å². The molecule has 0 heterocycles. The number of benzene rings is 2. The fourth-order valence-corrected chi connectivity index (χ4v) is 1.49. The van der Waals surface area contributed by atoms with E-state index in [1.165, 1.54) is 5.56 Å². The Bertz CT molecular complexity index is 536. The molecule has 0 bridgehead atoms. The summed E-state index contributed by atoms with van der Waals surface area (Å²) in [7, 11) is 0. The molecule has 2 nitrogen and oxygen atoms in total. The van der Waals surface area contributed by atoms with E-state index in [1.54, 1.807) is 18.4 Å². The summed E-state index contributed by atoms with van der Waals surface area (Å²) in [5, 5.41) is 0. The molecule has 2 aromatic rings. The maximum atomic E-state index is 10.5. The van der Waals surface area contributed by atoms with Gasteiger partial charge in [0, 0.05) is 5.56 Å². The first-order chi connectivity index (χ1) is 8.78. The molecular formula is C16H14O2. The predicted octanol–water partition coefficient (Wildman–Crippen LogP) is 3.86. The standard InChI is InChI=1S/C16H14O2/c1-13-2-8-16(9-3-13)18-11-10-14-4-6-15(12-17)7-5-14/h2-12H,1H3. The highest BCUT2D eigenvalue weighted by Crippen LogP contribution is 2.12. The first-order valence-corrected chi connectivity index (χ1v) is 5.73. The van der Waals surface area contributed by atoms with Crippen LogP contribution in [0.3, 0.4) is 0 Å². The Morgan fingerprint density at radius 3 is 2.11 bits per heavy atom. The van der Waals surface area contributed by atoms with Gasteiger partial charge in [0.2, 0.25) is 0 Å². The van der Waals surface area contributed by atoms with Gasteiger partial charge in [0.05, 0.1) is 6.26 Å². The smallest absolute Gasteiger partial charge is 0.150 e. The largest absolute Gasteiger partial charge is 0.465 e. The van der Waals surface area contributed by atoms with Gasteiger partial charge in [-0.1, -0.05) is 42.0 Å². The molecule has 0 radical (unpaired) electrons. The Kier molecular flexibility index (Phi) is 3.92. The summed E-state index contributed by atoms with van der Waals surface area (Å²) >= 11 is 0. The Morgan fingerprint density at radius 1 is 0.889 bits per heavy atom. The number of aldehydes is 1. The van der Waals surface area contributed by atoms with Crippen molar-refractivity contribution in [3.8, 4) is 5.75 Å². The van der Waals surface area contributed by atoms with Gasteiger partial charge in [-0.25, -0.2) is 0 Å². The molecule has 2 rings (SSSR count). The highest BCUT2D eigenvalue weighted by Gasteiger charge is 1.91. The van der Waals surface area contributed by atoms with Gasteiger partial charge < -0.3 is 4.74 Å². The van der Waals surface area contributed by atoms with Crippen molar-refractivity contribution in [2.75, 3.05) is 0 Å². The second-order valence-corrected chi connectivity index (χ2v) is 4.02. The molecule has 2 heteroatoms. The normalized spacial score (nSPS) is 10.5. The number of rotatable bonds is 4. The van der Waals surface area contributed by atoms with Crippen molar-refractivity contribution in [1.29, 1.82) is 0 Å². The third-order valence-electron chi connectivity index (χ3n) is 2.56. The van der Waals surface area contributed by atoms with E-state index in [0.717, 1.165) is 17.6 Å². The molecule has 18 heavy (non-hydrogen) atoms. The molecular weight excluding hydrogens is 224 g/mol. The van der Waals surface area contributed by atoms with Crippen molar-refractivity contribution in [2.45, 2.75) is 6.92 Å². The Labute approximate surface area is 107 Å². The van der Waals surface area contributed by atoms with Gasteiger partial charge in [-0.05, 0) is 30.7 Å². The molecule has 0 saturated heterocycles. The molecule has 0 aromatic heterocycles. The monoisotopic (exact) mass is 238 g/mol. The Morgan fingerprint density at radius 2 is 1.50 bits per heavy atom. The van der Waals surface area contributed by atoms with Gasteiger partial charge in [-0.3, -0.25) is 4.79 Å². The highest BCUT2D eigenvalue weighted by molar-refractivity contribution is 5.75. The minimum atomic E-state index is 0.673. The van der Waals surface area contributed by atoms with Gasteiger partial charge in [0.25, 0.3) is 0 Å². The topological polar surface area (TPSA) is 26.3 Å². The predicted molar refractivity (Wildman–Crippen MR) is 72.7 cm³/mol. The number of carbonyl (C=O) groups is 1. The third kappa shape index (κ3) is 3.32. The van der Waals surface area contributed by atoms with Crippen LogP contribution in [0.25, 0.3) is 6.08 Å². The van der Waals surface area contributed by atoms with Crippen molar-refractivity contribution in [3.63, 3.8) is 0 Å². The molecule has 0 atom stereocenters. The van der Waals surface area contributed by atoms with Gasteiger partial charge in [0.15, 0.2) is 0 Å². The maximum Gasteiger partial charge on any atom is 0.150 e. The summed E-state index contributed by atoms with van der Waals surface area (Å²) in [6, 6.07) is 15.2. The quantitative estimate of drug-likeness (QED) is 0.597. The number of hydrogen-bond acceptors (Lipinski definition) is 2. The van der Waals surface area contributed by atoms with Gasteiger partial charge >= 0.3 is 0 Å². The van der Waals surface area contributed by atoms with Crippen LogP contribution in [-0.4, -0.2) is 6.29 Å². The summed E-state index contributed by atoms with van der Waals surface area (Å²) in [5.74, 6) is 0.807. The first-order valence-electron chi connectivity index (χ1n) is 5.73. The van der Waals surface area contributed by atoms with Crippen LogP contribution in [0.4, 0.5) is 0 Å². The van der Waals surface area contributed by atoms with E-state index < -0.39 is 0 Å². The SMILES string of the molecule is Cc1ccc(OC=Cc2ccc(C=O)cc2)cc1. The summed E-state index contributed by atoms with van der Waals surface area (Å²) in [5.41, 5.74) is 2.87. The van der Waals surface area contributed by atoms with E-state index in [0.29, 0.717) is 5.56 Å². The fourth-order valence-electron chi connectivity index (χ4n) is 1.49. The molecule has 0 saturated carbocycles. The van der Waals surface area contributed by atoms with Crippen LogP contribution in [0.15, 0.2) is 54.8 Å². The molecule has 0 aliphatic heterocycles. The van der Waals surface area contributed by atoms with Gasteiger partial charge in [0.1, 0.15) is 12.0 Å². The van der Waals surface area contributed by atoms with Crippen LogP contribution in [0.2, 0.25) is 0 Å². The lowest BCUT2D eigenvalue weighted by atomic mass is 10.1. The molecule has 0 fully saturated rings. The lowest BCUT2D eigenvalue weighted by Gasteiger charge is -2.00. The van der Waals surface area contributed by atoms with E-state index in [-0.39, 0.29) is 0 Å². The van der Waals surface area contributed by atoms with Crippen LogP contribution in [0.1, 0.15) is 21.5 Å². The van der Waals surface area contributed by atoms with Crippen molar-refractivity contribution >= 4 is 12.4 Å². The summed E-state index contributed by atoms with van der Waals surface area (Å²) in [6.45, 7) is 2.04. The fraction of sp³-hybridized carbons (Fsp3) is 0.0625. The lowest BCUT2D eigenvalue weighted by molar-refractivity contribution is 0.112. The lowest BCUT2D eigenvalue weighted by Crippen LogP contribution is -1.83. The molecule has 0 aliphatic carbocycles. The van der Waals surface area contributed by atoms with Crippen molar-refractivity contribution in [1.82, 2.24) is 0 Å². The highest BCUT2D eigenvalue weighted by atomic mass is 16.5. The molecule has 0 unspecified atom stereocenters. The van der Waals surface area contributed by atoms with E-state index in [1.807, 2.05) is 49.4 Å².